The van der Waals surface area contributed by atoms with Crippen molar-refractivity contribution in [1.29, 1.82) is 0 Å². The highest BCUT2D eigenvalue weighted by molar-refractivity contribution is 7.98. The summed E-state index contributed by atoms with van der Waals surface area (Å²) < 4.78 is 12.1. The number of nitrogens with one attached hydrogen (secondary N) is 1. The third-order valence-electron chi connectivity index (χ3n) is 4.94. The summed E-state index contributed by atoms with van der Waals surface area (Å²) in [6.45, 7) is 2.03. The maximum Gasteiger partial charge on any atom is 0.338 e. The number of esters is 1. The van der Waals surface area contributed by atoms with Crippen molar-refractivity contribution in [3.8, 4) is 17.1 Å². The first-order valence-corrected chi connectivity index (χ1v) is 11.0. The van der Waals surface area contributed by atoms with Gasteiger partial charge >= 0.3 is 5.97 Å². The lowest BCUT2D eigenvalue weighted by molar-refractivity contribution is 0.0526. The van der Waals surface area contributed by atoms with Gasteiger partial charge in [-0.25, -0.2) is 4.79 Å². The third kappa shape index (κ3) is 4.38. The lowest BCUT2D eigenvalue weighted by Crippen LogP contribution is -2.08. The van der Waals surface area contributed by atoms with Crippen LogP contribution in [0.25, 0.3) is 22.3 Å². The highest BCUT2D eigenvalue weighted by atomic mass is 32.2. The van der Waals surface area contributed by atoms with E-state index < -0.39 is 5.97 Å². The van der Waals surface area contributed by atoms with Gasteiger partial charge in [0.2, 0.25) is 0 Å². The zero-order valence-electron chi connectivity index (χ0n) is 17.9. The van der Waals surface area contributed by atoms with E-state index in [4.69, 9.17) is 9.47 Å². The lowest BCUT2D eigenvalue weighted by Gasteiger charge is -2.07. The molecule has 0 amide bonds. The zero-order chi connectivity index (χ0) is 22.7. The van der Waals surface area contributed by atoms with Crippen LogP contribution in [-0.4, -0.2) is 39.4 Å². The van der Waals surface area contributed by atoms with Gasteiger partial charge in [0.05, 0.1) is 19.3 Å². The Hall–Kier alpha value is -3.59. The van der Waals surface area contributed by atoms with Crippen LogP contribution in [0.5, 0.6) is 5.75 Å². The number of aromatic amines is 1. The van der Waals surface area contributed by atoms with E-state index >= 15 is 0 Å². The van der Waals surface area contributed by atoms with E-state index in [9.17, 15) is 9.59 Å². The Labute approximate surface area is 188 Å². The number of rotatable bonds is 7. The van der Waals surface area contributed by atoms with Gasteiger partial charge in [0.1, 0.15) is 5.75 Å². The number of fused-ring (bicyclic) bond motifs is 1. The molecule has 4 aromatic rings. The van der Waals surface area contributed by atoms with Gasteiger partial charge in [0.15, 0.2) is 16.4 Å². The maximum atomic E-state index is 12.6. The molecule has 164 valence electrons. The SMILES string of the molecule is CCOC(=O)c1ccc2[nH]c(CSc3nnc(-c4ccc(OC)cc4)n3C)cc(=O)c2c1. The Balaban J connectivity index is 1.53. The van der Waals surface area contributed by atoms with Crippen molar-refractivity contribution in [2.75, 3.05) is 13.7 Å². The van der Waals surface area contributed by atoms with Crippen LogP contribution in [0.2, 0.25) is 0 Å². The van der Waals surface area contributed by atoms with Gasteiger partial charge in [-0.1, -0.05) is 11.8 Å². The number of hydrogen-bond acceptors (Lipinski definition) is 7. The van der Waals surface area contributed by atoms with Gasteiger partial charge in [-0.3, -0.25) is 4.79 Å². The minimum Gasteiger partial charge on any atom is -0.497 e. The van der Waals surface area contributed by atoms with Crippen LogP contribution < -0.4 is 10.2 Å². The van der Waals surface area contributed by atoms with Crippen molar-refractivity contribution < 1.29 is 14.3 Å². The molecular weight excluding hydrogens is 428 g/mol. The molecule has 8 nitrogen and oxygen atoms in total. The number of H-pyrrole nitrogens is 1. The molecule has 0 saturated heterocycles. The van der Waals surface area contributed by atoms with Crippen LogP contribution in [0, 0.1) is 0 Å². The fraction of sp³-hybridized carbons (Fsp3) is 0.217. The van der Waals surface area contributed by atoms with Crippen LogP contribution >= 0.6 is 11.8 Å². The lowest BCUT2D eigenvalue weighted by atomic mass is 10.1. The van der Waals surface area contributed by atoms with Gasteiger partial charge in [-0.05, 0) is 49.4 Å². The first-order chi connectivity index (χ1) is 15.5. The quantitative estimate of drug-likeness (QED) is 0.338. The van der Waals surface area contributed by atoms with Crippen molar-refractivity contribution in [1.82, 2.24) is 19.7 Å². The summed E-state index contributed by atoms with van der Waals surface area (Å²) >= 11 is 1.48. The van der Waals surface area contributed by atoms with E-state index in [-0.39, 0.29) is 12.0 Å². The number of aromatic nitrogens is 4. The molecule has 32 heavy (non-hydrogen) atoms. The predicted octanol–water partition coefficient (Wildman–Crippen LogP) is 3.80. The average molecular weight is 451 g/mol. The number of methoxy groups -OCH3 is 1. The van der Waals surface area contributed by atoms with Crippen molar-refractivity contribution >= 4 is 28.6 Å². The fourth-order valence-electron chi connectivity index (χ4n) is 3.30. The standard InChI is InChI=1S/C23H22N4O4S/c1-4-31-22(29)15-7-10-19-18(11-15)20(28)12-16(24-19)13-32-23-26-25-21(27(23)2)14-5-8-17(30-3)9-6-14/h5-12H,4,13H2,1-3H3,(H,24,28). The average Bonchev–Trinajstić information content (AvgIpc) is 3.18. The fourth-order valence-corrected chi connectivity index (χ4v) is 4.11. The van der Waals surface area contributed by atoms with Crippen LogP contribution in [0.3, 0.4) is 0 Å². The molecule has 2 aromatic carbocycles. The zero-order valence-corrected chi connectivity index (χ0v) is 18.7. The number of nitrogens with zero attached hydrogens (tertiary/aromatic N) is 3. The summed E-state index contributed by atoms with van der Waals surface area (Å²) in [5, 5.41) is 9.76. The minimum absolute atomic E-state index is 0.155. The van der Waals surface area contributed by atoms with Gasteiger partial charge in [0, 0.05) is 41.0 Å². The predicted molar refractivity (Wildman–Crippen MR) is 123 cm³/mol. The molecule has 2 heterocycles. The summed E-state index contributed by atoms with van der Waals surface area (Å²) in [5.74, 6) is 1.59. The van der Waals surface area contributed by atoms with E-state index in [1.165, 1.54) is 11.8 Å². The topological polar surface area (TPSA) is 99.1 Å². The Kier molecular flexibility index (Phi) is 6.27. The maximum absolute atomic E-state index is 12.6. The Morgan fingerprint density at radius 2 is 1.91 bits per heavy atom. The van der Waals surface area contributed by atoms with Crippen molar-refractivity contribution in [3.05, 3.63) is 70.0 Å². The molecule has 0 aliphatic heterocycles. The van der Waals surface area contributed by atoms with Gasteiger partial charge < -0.3 is 19.0 Å². The molecule has 0 radical (unpaired) electrons. The molecule has 2 aromatic heterocycles. The molecule has 0 unspecified atom stereocenters. The Morgan fingerprint density at radius 3 is 2.62 bits per heavy atom. The number of benzene rings is 2. The second-order valence-electron chi connectivity index (χ2n) is 7.02. The third-order valence-corrected chi connectivity index (χ3v) is 6.01. The number of hydrogen-bond donors (Lipinski definition) is 1. The number of pyridine rings is 1. The summed E-state index contributed by atoms with van der Waals surface area (Å²) in [4.78, 5) is 27.8. The normalized spacial score (nSPS) is 11.0. The highest BCUT2D eigenvalue weighted by Crippen LogP contribution is 2.26. The molecule has 0 aliphatic carbocycles. The van der Waals surface area contributed by atoms with Crippen LogP contribution in [0.1, 0.15) is 23.0 Å². The van der Waals surface area contributed by atoms with Gasteiger partial charge in [-0.15, -0.1) is 10.2 Å². The van der Waals surface area contributed by atoms with E-state index in [0.29, 0.717) is 22.2 Å². The van der Waals surface area contributed by atoms with E-state index in [2.05, 4.69) is 15.2 Å². The first kappa shape index (κ1) is 21.6. The monoisotopic (exact) mass is 450 g/mol. The number of carbonyl (C=O) groups excluding carboxylic acids is 1. The van der Waals surface area contributed by atoms with Crippen LogP contribution in [0.4, 0.5) is 0 Å². The van der Waals surface area contributed by atoms with Crippen molar-refractivity contribution in [3.63, 3.8) is 0 Å². The molecule has 9 heteroatoms. The van der Waals surface area contributed by atoms with Crippen molar-refractivity contribution in [2.45, 2.75) is 17.8 Å². The highest BCUT2D eigenvalue weighted by Gasteiger charge is 2.13. The smallest absolute Gasteiger partial charge is 0.338 e. The van der Waals surface area contributed by atoms with Crippen LogP contribution in [0.15, 0.2) is 58.5 Å². The van der Waals surface area contributed by atoms with Crippen LogP contribution in [-0.2, 0) is 17.5 Å². The summed E-state index contributed by atoms with van der Waals surface area (Å²) in [5.41, 5.74) is 2.56. The molecule has 0 atom stereocenters. The van der Waals surface area contributed by atoms with Crippen molar-refractivity contribution in [2.24, 2.45) is 7.05 Å². The molecular formula is C23H22N4O4S. The number of thioether (sulfide) groups is 1. The van der Waals surface area contributed by atoms with Gasteiger partial charge in [0.25, 0.3) is 0 Å². The number of ether oxygens (including phenoxy) is 2. The van der Waals surface area contributed by atoms with E-state index in [1.54, 1.807) is 38.3 Å². The number of carbonyl (C=O) groups is 1. The largest absolute Gasteiger partial charge is 0.497 e. The molecule has 0 spiro atoms. The summed E-state index contributed by atoms with van der Waals surface area (Å²) in [6.07, 6.45) is 0. The molecule has 0 aliphatic rings. The molecule has 1 N–H and O–H groups in total. The first-order valence-electron chi connectivity index (χ1n) is 10.00. The van der Waals surface area contributed by atoms with Gasteiger partial charge in [-0.2, -0.15) is 0 Å². The Morgan fingerprint density at radius 1 is 1.12 bits per heavy atom. The second kappa shape index (κ2) is 9.27. The summed E-state index contributed by atoms with van der Waals surface area (Å²) in [6, 6.07) is 14.1. The molecule has 0 saturated carbocycles. The molecule has 0 fully saturated rings. The van der Waals surface area contributed by atoms with E-state index in [0.717, 1.165) is 28.0 Å². The minimum atomic E-state index is -0.441. The molecule has 4 rings (SSSR count). The summed E-state index contributed by atoms with van der Waals surface area (Å²) in [7, 11) is 3.53. The Bertz CT molecular complexity index is 1330. The molecule has 0 bridgehead atoms. The second-order valence-corrected chi connectivity index (χ2v) is 7.96. The van der Waals surface area contributed by atoms with E-state index in [1.807, 2.05) is 35.9 Å².